The van der Waals surface area contributed by atoms with Gasteiger partial charge in [-0.3, -0.25) is 19.2 Å². The van der Waals surface area contributed by atoms with E-state index in [-0.39, 0.29) is 12.8 Å². The predicted molar refractivity (Wildman–Crippen MR) is 69.7 cm³/mol. The zero-order valence-corrected chi connectivity index (χ0v) is 11.9. The van der Waals surface area contributed by atoms with E-state index in [9.17, 15) is 19.2 Å². The second-order valence-corrected chi connectivity index (χ2v) is 4.83. The molecule has 0 saturated heterocycles. The highest BCUT2D eigenvalue weighted by molar-refractivity contribution is 5.83. The molecule has 4 N–H and O–H groups in total. The molecule has 0 amide bonds. The van der Waals surface area contributed by atoms with Crippen LogP contribution in [0, 0.1) is 23.7 Å². The summed E-state index contributed by atoms with van der Waals surface area (Å²) in [5.74, 6) is -10.9. The summed E-state index contributed by atoms with van der Waals surface area (Å²) in [5, 5.41) is 36.3. The minimum Gasteiger partial charge on any atom is -0.481 e. The lowest BCUT2D eigenvalue weighted by atomic mass is 9.77. The SMILES string of the molecule is CCC(C(=O)O)C(CC(C(=O)O)C(CC)C(=O)O)C(=O)O. The van der Waals surface area contributed by atoms with E-state index in [2.05, 4.69) is 0 Å². The molecule has 0 aromatic heterocycles. The van der Waals surface area contributed by atoms with E-state index in [1.54, 1.807) is 0 Å². The molecule has 4 unspecified atom stereocenters. The normalized spacial score (nSPS) is 16.5. The molecular formula is C13H20O8. The van der Waals surface area contributed by atoms with Crippen molar-refractivity contribution in [3.8, 4) is 0 Å². The van der Waals surface area contributed by atoms with Gasteiger partial charge in [0.1, 0.15) is 0 Å². The van der Waals surface area contributed by atoms with Gasteiger partial charge in [0.05, 0.1) is 23.7 Å². The highest BCUT2D eigenvalue weighted by Crippen LogP contribution is 2.30. The van der Waals surface area contributed by atoms with Crippen molar-refractivity contribution in [1.29, 1.82) is 0 Å². The van der Waals surface area contributed by atoms with Gasteiger partial charge >= 0.3 is 23.9 Å². The van der Waals surface area contributed by atoms with Gasteiger partial charge in [0.25, 0.3) is 0 Å². The van der Waals surface area contributed by atoms with Crippen LogP contribution in [0.5, 0.6) is 0 Å². The van der Waals surface area contributed by atoms with Crippen molar-refractivity contribution in [2.24, 2.45) is 23.7 Å². The summed E-state index contributed by atoms with van der Waals surface area (Å²) < 4.78 is 0. The molecule has 0 radical (unpaired) electrons. The van der Waals surface area contributed by atoms with Crippen molar-refractivity contribution >= 4 is 23.9 Å². The molecule has 0 aliphatic rings. The van der Waals surface area contributed by atoms with Crippen LogP contribution in [-0.4, -0.2) is 44.3 Å². The average Bonchev–Trinajstić information content (AvgIpc) is 2.35. The molecule has 0 aliphatic carbocycles. The first kappa shape index (κ1) is 18.9. The molecule has 8 heteroatoms. The van der Waals surface area contributed by atoms with Gasteiger partial charge in [-0.1, -0.05) is 13.8 Å². The summed E-state index contributed by atoms with van der Waals surface area (Å²) in [6.45, 7) is 2.97. The smallest absolute Gasteiger partial charge is 0.307 e. The van der Waals surface area contributed by atoms with Crippen molar-refractivity contribution in [3.05, 3.63) is 0 Å². The highest BCUT2D eigenvalue weighted by Gasteiger charge is 2.40. The molecule has 0 fully saturated rings. The van der Waals surface area contributed by atoms with Gasteiger partial charge in [-0.15, -0.1) is 0 Å². The van der Waals surface area contributed by atoms with Crippen LogP contribution in [0.15, 0.2) is 0 Å². The molecular weight excluding hydrogens is 284 g/mol. The zero-order chi connectivity index (χ0) is 16.7. The third kappa shape index (κ3) is 5.05. The van der Waals surface area contributed by atoms with Crippen LogP contribution >= 0.6 is 0 Å². The lowest BCUT2D eigenvalue weighted by molar-refractivity contribution is -0.160. The first-order chi connectivity index (χ1) is 9.67. The minimum absolute atomic E-state index is 0.0164. The number of hydrogen-bond donors (Lipinski definition) is 4. The van der Waals surface area contributed by atoms with Gasteiger partial charge in [-0.2, -0.15) is 0 Å². The highest BCUT2D eigenvalue weighted by atomic mass is 16.4. The molecule has 0 heterocycles. The number of rotatable bonds is 10. The number of carboxylic acid groups (broad SMARTS) is 4. The Bertz CT molecular complexity index is 378. The van der Waals surface area contributed by atoms with E-state index in [1.807, 2.05) is 0 Å². The molecule has 120 valence electrons. The van der Waals surface area contributed by atoms with E-state index in [4.69, 9.17) is 20.4 Å². The maximum atomic E-state index is 11.2. The minimum atomic E-state index is -1.44. The van der Waals surface area contributed by atoms with E-state index in [0.717, 1.165) is 0 Å². The lowest BCUT2D eigenvalue weighted by Crippen LogP contribution is -2.37. The first-order valence-corrected chi connectivity index (χ1v) is 6.58. The maximum Gasteiger partial charge on any atom is 0.307 e. The Morgan fingerprint density at radius 3 is 1.00 bits per heavy atom. The maximum absolute atomic E-state index is 11.2. The van der Waals surface area contributed by atoms with Gasteiger partial charge in [0.2, 0.25) is 0 Å². The molecule has 0 saturated carbocycles. The van der Waals surface area contributed by atoms with Crippen molar-refractivity contribution in [2.75, 3.05) is 0 Å². The topological polar surface area (TPSA) is 149 Å². The van der Waals surface area contributed by atoms with Gasteiger partial charge in [0, 0.05) is 0 Å². The Morgan fingerprint density at radius 1 is 0.619 bits per heavy atom. The summed E-state index contributed by atoms with van der Waals surface area (Å²) in [4.78, 5) is 44.6. The van der Waals surface area contributed by atoms with Gasteiger partial charge in [-0.25, -0.2) is 0 Å². The fraction of sp³-hybridized carbons (Fsp3) is 0.692. The molecule has 0 spiro atoms. The Morgan fingerprint density at radius 2 is 0.857 bits per heavy atom. The van der Waals surface area contributed by atoms with Crippen LogP contribution in [0.2, 0.25) is 0 Å². The first-order valence-electron chi connectivity index (χ1n) is 6.58. The molecule has 0 aromatic carbocycles. The Balaban J connectivity index is 5.43. The fourth-order valence-electron chi connectivity index (χ4n) is 2.41. The Labute approximate surface area is 121 Å². The van der Waals surface area contributed by atoms with E-state index >= 15 is 0 Å². The van der Waals surface area contributed by atoms with Crippen LogP contribution < -0.4 is 0 Å². The van der Waals surface area contributed by atoms with Crippen LogP contribution in [0.3, 0.4) is 0 Å². The van der Waals surface area contributed by atoms with E-state index in [1.165, 1.54) is 13.8 Å². The summed E-state index contributed by atoms with van der Waals surface area (Å²) in [5.41, 5.74) is 0. The molecule has 0 bridgehead atoms. The largest absolute Gasteiger partial charge is 0.481 e. The molecule has 21 heavy (non-hydrogen) atoms. The van der Waals surface area contributed by atoms with Crippen molar-refractivity contribution in [1.82, 2.24) is 0 Å². The molecule has 0 rings (SSSR count). The van der Waals surface area contributed by atoms with Crippen LogP contribution in [0.4, 0.5) is 0 Å². The monoisotopic (exact) mass is 304 g/mol. The fourth-order valence-corrected chi connectivity index (χ4v) is 2.41. The number of hydrogen-bond acceptors (Lipinski definition) is 4. The zero-order valence-electron chi connectivity index (χ0n) is 11.9. The summed E-state index contributed by atoms with van der Waals surface area (Å²) in [7, 11) is 0. The molecule has 8 nitrogen and oxygen atoms in total. The number of carbonyl (C=O) groups is 4. The third-order valence-corrected chi connectivity index (χ3v) is 3.63. The van der Waals surface area contributed by atoms with Crippen molar-refractivity contribution in [3.63, 3.8) is 0 Å². The lowest BCUT2D eigenvalue weighted by Gasteiger charge is -2.25. The average molecular weight is 304 g/mol. The Kier molecular flexibility index (Phi) is 7.40. The summed E-state index contributed by atoms with van der Waals surface area (Å²) in [6.07, 6.45) is -0.495. The second-order valence-electron chi connectivity index (χ2n) is 4.83. The number of carboxylic acids is 4. The Hall–Kier alpha value is -2.12. The molecule has 0 aromatic rings. The second kappa shape index (κ2) is 8.23. The van der Waals surface area contributed by atoms with Crippen molar-refractivity contribution in [2.45, 2.75) is 33.1 Å². The predicted octanol–water partition coefficient (Wildman–Crippen LogP) is 1.000. The number of aliphatic carboxylic acids is 4. The summed E-state index contributed by atoms with van der Waals surface area (Å²) in [6, 6.07) is 0. The van der Waals surface area contributed by atoms with Crippen LogP contribution in [-0.2, 0) is 19.2 Å². The molecule has 0 aliphatic heterocycles. The van der Waals surface area contributed by atoms with Gasteiger partial charge < -0.3 is 20.4 Å². The van der Waals surface area contributed by atoms with Crippen LogP contribution in [0.1, 0.15) is 33.1 Å². The standard InChI is InChI=1S/C13H20O8/c1-3-6(10(14)15)8(12(18)19)5-9(13(20)21)7(4-2)11(16)17/h6-9H,3-5H2,1-2H3,(H,14,15)(H,16,17)(H,18,19)(H,20,21). The van der Waals surface area contributed by atoms with Gasteiger partial charge in [0.15, 0.2) is 0 Å². The van der Waals surface area contributed by atoms with E-state index < -0.39 is 54.0 Å². The molecule has 4 atom stereocenters. The van der Waals surface area contributed by atoms with Gasteiger partial charge in [-0.05, 0) is 19.3 Å². The quantitative estimate of drug-likeness (QED) is 0.467. The summed E-state index contributed by atoms with van der Waals surface area (Å²) >= 11 is 0. The van der Waals surface area contributed by atoms with Crippen LogP contribution in [0.25, 0.3) is 0 Å². The van der Waals surface area contributed by atoms with Crippen molar-refractivity contribution < 1.29 is 39.6 Å². The van der Waals surface area contributed by atoms with E-state index in [0.29, 0.717) is 0 Å². The third-order valence-electron chi connectivity index (χ3n) is 3.63.